The maximum atomic E-state index is 12.4. The number of methoxy groups -OCH3 is 2. The van der Waals surface area contributed by atoms with Crippen LogP contribution in [0.4, 0.5) is 0 Å². The lowest BCUT2D eigenvalue weighted by molar-refractivity contribution is 0.0872. The molecule has 0 radical (unpaired) electrons. The Kier molecular flexibility index (Phi) is 3.17. The molecule has 0 spiro atoms. The van der Waals surface area contributed by atoms with Gasteiger partial charge in [-0.1, -0.05) is 6.08 Å². The maximum Gasteiger partial charge on any atom is 0.277 e. The minimum absolute atomic E-state index is 0.128. The molecule has 6 heteroatoms. The van der Waals surface area contributed by atoms with Crippen LogP contribution in [0.3, 0.4) is 0 Å². The molecule has 2 heterocycles. The van der Waals surface area contributed by atoms with E-state index in [1.807, 2.05) is 6.07 Å². The fraction of sp³-hybridized carbons (Fsp3) is 0.200. The highest BCUT2D eigenvalue weighted by Gasteiger charge is 2.34. The van der Waals surface area contributed by atoms with Gasteiger partial charge >= 0.3 is 0 Å². The highest BCUT2D eigenvalue weighted by molar-refractivity contribution is 7.80. The van der Waals surface area contributed by atoms with Crippen LogP contribution < -0.4 is 9.47 Å². The summed E-state index contributed by atoms with van der Waals surface area (Å²) >= 11 is 5.42. The van der Waals surface area contributed by atoms with Gasteiger partial charge in [-0.15, -0.1) is 6.58 Å². The van der Waals surface area contributed by atoms with Gasteiger partial charge in [-0.2, -0.15) is 0 Å². The van der Waals surface area contributed by atoms with Gasteiger partial charge in [0.1, 0.15) is 17.2 Å². The SMILES string of the molecule is C=CCN1C(=O)c2cc3c(OC)cc(OC)cc3n2C1=S. The van der Waals surface area contributed by atoms with Crippen molar-refractivity contribution in [2.24, 2.45) is 0 Å². The monoisotopic (exact) mass is 302 g/mol. The molecule has 0 saturated carbocycles. The number of carbonyl (C=O) groups is 1. The van der Waals surface area contributed by atoms with Crippen LogP contribution in [0.15, 0.2) is 30.9 Å². The average Bonchev–Trinajstić information content (AvgIpc) is 2.98. The number of hydrogen-bond donors (Lipinski definition) is 0. The molecule has 5 nitrogen and oxygen atoms in total. The number of rotatable bonds is 4. The van der Waals surface area contributed by atoms with Crippen molar-refractivity contribution in [2.45, 2.75) is 0 Å². The predicted molar refractivity (Wildman–Crippen MR) is 84.3 cm³/mol. The van der Waals surface area contributed by atoms with Crippen molar-refractivity contribution in [3.05, 3.63) is 36.5 Å². The zero-order valence-electron chi connectivity index (χ0n) is 11.8. The zero-order chi connectivity index (χ0) is 15.1. The Balaban J connectivity index is 2.27. The maximum absolute atomic E-state index is 12.4. The number of benzene rings is 1. The highest BCUT2D eigenvalue weighted by atomic mass is 32.1. The third-order valence-electron chi connectivity index (χ3n) is 3.51. The van der Waals surface area contributed by atoms with E-state index >= 15 is 0 Å². The summed E-state index contributed by atoms with van der Waals surface area (Å²) in [6.45, 7) is 4.05. The number of nitrogens with zero attached hydrogens (tertiary/aromatic N) is 2. The van der Waals surface area contributed by atoms with Crippen molar-refractivity contribution in [2.75, 3.05) is 20.8 Å². The highest BCUT2D eigenvalue weighted by Crippen LogP contribution is 2.36. The summed E-state index contributed by atoms with van der Waals surface area (Å²) in [5.74, 6) is 1.17. The van der Waals surface area contributed by atoms with Gasteiger partial charge in [-0.3, -0.25) is 14.3 Å². The summed E-state index contributed by atoms with van der Waals surface area (Å²) in [4.78, 5) is 13.9. The Morgan fingerprint density at radius 1 is 1.29 bits per heavy atom. The Bertz CT molecular complexity index is 779. The van der Waals surface area contributed by atoms with E-state index in [4.69, 9.17) is 21.7 Å². The summed E-state index contributed by atoms with van der Waals surface area (Å²) in [5, 5.41) is 1.28. The largest absolute Gasteiger partial charge is 0.497 e. The van der Waals surface area contributed by atoms with Crippen LogP contribution in [0, 0.1) is 0 Å². The second-order valence-electron chi connectivity index (χ2n) is 4.61. The predicted octanol–water partition coefficient (Wildman–Crippen LogP) is 2.43. The number of hydrogen-bond acceptors (Lipinski definition) is 4. The number of fused-ring (bicyclic) bond motifs is 3. The van der Waals surface area contributed by atoms with Gasteiger partial charge in [-0.25, -0.2) is 0 Å². The van der Waals surface area contributed by atoms with Crippen LogP contribution in [-0.2, 0) is 0 Å². The topological polar surface area (TPSA) is 43.7 Å². The van der Waals surface area contributed by atoms with Gasteiger partial charge in [-0.05, 0) is 18.3 Å². The molecule has 0 N–H and O–H groups in total. The van der Waals surface area contributed by atoms with E-state index in [0.29, 0.717) is 28.9 Å². The van der Waals surface area contributed by atoms with Crippen LogP contribution in [0.5, 0.6) is 11.5 Å². The molecular weight excluding hydrogens is 288 g/mol. The molecule has 2 aromatic rings. The molecule has 1 aliphatic heterocycles. The molecule has 0 saturated heterocycles. The number of thiocarbonyl (C=S) groups is 1. The van der Waals surface area contributed by atoms with E-state index in [1.54, 1.807) is 37.0 Å². The molecule has 1 amide bonds. The van der Waals surface area contributed by atoms with Crippen LogP contribution in [0.25, 0.3) is 10.9 Å². The van der Waals surface area contributed by atoms with Gasteiger partial charge in [0.15, 0.2) is 5.11 Å². The number of carbonyl (C=O) groups excluding carboxylic acids is 1. The van der Waals surface area contributed by atoms with Crippen molar-refractivity contribution in [3.8, 4) is 11.5 Å². The second-order valence-corrected chi connectivity index (χ2v) is 4.98. The molecular formula is C15H14N2O3S. The van der Waals surface area contributed by atoms with E-state index in [-0.39, 0.29) is 5.91 Å². The molecule has 1 aliphatic rings. The van der Waals surface area contributed by atoms with E-state index < -0.39 is 0 Å². The van der Waals surface area contributed by atoms with Crippen molar-refractivity contribution in [3.63, 3.8) is 0 Å². The normalized spacial score (nSPS) is 13.7. The molecule has 0 unspecified atom stereocenters. The Hall–Kier alpha value is -2.34. The molecule has 0 fully saturated rings. The third-order valence-corrected chi connectivity index (χ3v) is 3.91. The average molecular weight is 302 g/mol. The van der Waals surface area contributed by atoms with Crippen molar-refractivity contribution >= 4 is 34.1 Å². The summed E-state index contributed by atoms with van der Waals surface area (Å²) < 4.78 is 12.4. The van der Waals surface area contributed by atoms with Crippen LogP contribution in [0.2, 0.25) is 0 Å². The lowest BCUT2D eigenvalue weighted by atomic mass is 10.2. The summed E-state index contributed by atoms with van der Waals surface area (Å²) in [6.07, 6.45) is 1.65. The van der Waals surface area contributed by atoms with E-state index in [9.17, 15) is 4.79 Å². The summed E-state index contributed by atoms with van der Waals surface area (Å²) in [6, 6.07) is 5.43. The zero-order valence-corrected chi connectivity index (χ0v) is 12.6. The number of aromatic nitrogens is 1. The Morgan fingerprint density at radius 3 is 2.67 bits per heavy atom. The van der Waals surface area contributed by atoms with Gasteiger partial charge in [0.2, 0.25) is 0 Å². The minimum atomic E-state index is -0.128. The van der Waals surface area contributed by atoms with E-state index in [2.05, 4.69) is 6.58 Å². The number of ether oxygens (including phenoxy) is 2. The fourth-order valence-electron chi connectivity index (χ4n) is 2.53. The molecule has 0 bridgehead atoms. The van der Waals surface area contributed by atoms with Gasteiger partial charge < -0.3 is 9.47 Å². The van der Waals surface area contributed by atoms with Gasteiger partial charge in [0.25, 0.3) is 5.91 Å². The fourth-order valence-corrected chi connectivity index (χ4v) is 2.89. The van der Waals surface area contributed by atoms with Crippen LogP contribution in [-0.4, -0.2) is 41.3 Å². The van der Waals surface area contributed by atoms with Gasteiger partial charge in [0, 0.05) is 24.1 Å². The van der Waals surface area contributed by atoms with Crippen molar-refractivity contribution in [1.82, 2.24) is 9.47 Å². The molecule has 1 aromatic carbocycles. The first kappa shape index (κ1) is 13.6. The first-order valence-corrected chi connectivity index (χ1v) is 6.77. The first-order valence-electron chi connectivity index (χ1n) is 6.37. The lowest BCUT2D eigenvalue weighted by Gasteiger charge is -2.14. The first-order chi connectivity index (χ1) is 10.1. The van der Waals surface area contributed by atoms with E-state index in [0.717, 1.165) is 10.9 Å². The molecule has 0 atom stereocenters. The van der Waals surface area contributed by atoms with Crippen molar-refractivity contribution < 1.29 is 14.3 Å². The lowest BCUT2D eigenvalue weighted by Crippen LogP contribution is -2.30. The molecule has 21 heavy (non-hydrogen) atoms. The Morgan fingerprint density at radius 2 is 2.05 bits per heavy atom. The number of amides is 1. The van der Waals surface area contributed by atoms with Crippen LogP contribution >= 0.6 is 12.2 Å². The standard InChI is InChI=1S/C15H14N2O3S/c1-4-5-16-14(18)12-8-10-11(17(12)15(16)21)6-9(19-2)7-13(10)20-3/h4,6-8H,1,5H2,2-3H3. The summed E-state index contributed by atoms with van der Waals surface area (Å²) in [5.41, 5.74) is 1.33. The van der Waals surface area contributed by atoms with Crippen molar-refractivity contribution in [1.29, 1.82) is 0 Å². The Labute approximate surface area is 127 Å². The molecule has 1 aromatic heterocycles. The quantitative estimate of drug-likeness (QED) is 0.643. The van der Waals surface area contributed by atoms with Gasteiger partial charge in [0.05, 0.1) is 19.7 Å². The smallest absolute Gasteiger partial charge is 0.277 e. The molecule has 0 aliphatic carbocycles. The molecule has 108 valence electrons. The van der Waals surface area contributed by atoms with E-state index in [1.165, 1.54) is 4.90 Å². The second kappa shape index (κ2) is 4.89. The third kappa shape index (κ3) is 1.83. The summed E-state index contributed by atoms with van der Waals surface area (Å²) in [7, 11) is 3.17. The minimum Gasteiger partial charge on any atom is -0.497 e. The van der Waals surface area contributed by atoms with Crippen LogP contribution in [0.1, 0.15) is 10.5 Å². The molecule has 3 rings (SSSR count).